The van der Waals surface area contributed by atoms with Gasteiger partial charge in [0.25, 0.3) is 0 Å². The van der Waals surface area contributed by atoms with Gasteiger partial charge in [-0.25, -0.2) is 8.42 Å². The number of carbonyl (C=O) groups is 2. The highest BCUT2D eigenvalue weighted by Gasteiger charge is 2.32. The Labute approximate surface area is 146 Å². The summed E-state index contributed by atoms with van der Waals surface area (Å²) >= 11 is 0. The van der Waals surface area contributed by atoms with Crippen LogP contribution in [0.3, 0.4) is 0 Å². The fraction of sp³-hybridized carbons (Fsp3) is 0.667. The molecular formula is C15H23N3O6S. The van der Waals surface area contributed by atoms with E-state index < -0.39 is 16.0 Å². The predicted octanol–water partition coefficient (Wildman–Crippen LogP) is 0.468. The zero-order valence-corrected chi connectivity index (χ0v) is 15.5. The standard InChI is InChI=1S/C15H23N3O6S/c1-11-15(12(2)24-16-11)25(21,22)18-8-4-7-17(9-10-18)13(19)5-6-14(20)23-3/h4-10H2,1-3H3. The Balaban J connectivity index is 2.04. The molecule has 0 unspecified atom stereocenters. The number of hydrogen-bond donors (Lipinski definition) is 0. The fourth-order valence-electron chi connectivity index (χ4n) is 2.82. The van der Waals surface area contributed by atoms with E-state index in [1.165, 1.54) is 11.4 Å². The number of nitrogens with zero attached hydrogens (tertiary/aromatic N) is 3. The highest BCUT2D eigenvalue weighted by molar-refractivity contribution is 7.89. The second-order valence-corrected chi connectivity index (χ2v) is 7.74. The summed E-state index contributed by atoms with van der Waals surface area (Å²) in [7, 11) is -2.44. The van der Waals surface area contributed by atoms with Gasteiger partial charge in [-0.15, -0.1) is 0 Å². The lowest BCUT2D eigenvalue weighted by atomic mass is 10.2. The molecule has 2 rings (SSSR count). The zero-order chi connectivity index (χ0) is 18.6. The molecule has 2 heterocycles. The minimum atomic E-state index is -3.72. The molecule has 1 aromatic rings. The van der Waals surface area contributed by atoms with E-state index in [4.69, 9.17) is 4.52 Å². The number of aryl methyl sites for hydroxylation is 2. The van der Waals surface area contributed by atoms with Crippen molar-refractivity contribution in [3.8, 4) is 0 Å². The van der Waals surface area contributed by atoms with Crippen molar-refractivity contribution in [1.82, 2.24) is 14.4 Å². The number of rotatable bonds is 5. The Hall–Kier alpha value is -1.94. The minimum Gasteiger partial charge on any atom is -0.469 e. The largest absolute Gasteiger partial charge is 0.469 e. The first-order valence-electron chi connectivity index (χ1n) is 8.05. The SMILES string of the molecule is COC(=O)CCC(=O)N1CCCN(S(=O)(=O)c2c(C)noc2C)CC1. The highest BCUT2D eigenvalue weighted by atomic mass is 32.2. The first-order chi connectivity index (χ1) is 11.8. The molecule has 0 spiro atoms. The molecule has 0 atom stereocenters. The molecule has 1 fully saturated rings. The van der Waals surface area contributed by atoms with Crippen molar-refractivity contribution in [3.63, 3.8) is 0 Å². The number of sulfonamides is 1. The van der Waals surface area contributed by atoms with E-state index in [9.17, 15) is 18.0 Å². The van der Waals surface area contributed by atoms with Gasteiger partial charge < -0.3 is 14.2 Å². The quantitative estimate of drug-likeness (QED) is 0.690. The number of carbonyl (C=O) groups excluding carboxylic acids is 2. The molecule has 9 nitrogen and oxygen atoms in total. The smallest absolute Gasteiger partial charge is 0.306 e. The minimum absolute atomic E-state index is 0.0208. The summed E-state index contributed by atoms with van der Waals surface area (Å²) in [6, 6.07) is 0. The number of esters is 1. The van der Waals surface area contributed by atoms with Crippen LogP contribution in [-0.4, -0.2) is 67.9 Å². The van der Waals surface area contributed by atoms with Crippen molar-refractivity contribution in [3.05, 3.63) is 11.5 Å². The molecular weight excluding hydrogens is 350 g/mol. The first-order valence-corrected chi connectivity index (χ1v) is 9.49. The maximum absolute atomic E-state index is 12.8. The van der Waals surface area contributed by atoms with E-state index in [0.717, 1.165) is 0 Å². The molecule has 1 aliphatic heterocycles. The third-order valence-electron chi connectivity index (χ3n) is 4.14. The summed E-state index contributed by atoms with van der Waals surface area (Å²) < 4.78 is 36.5. The average Bonchev–Trinajstić information content (AvgIpc) is 2.79. The zero-order valence-electron chi connectivity index (χ0n) is 14.6. The van der Waals surface area contributed by atoms with Gasteiger partial charge in [-0.3, -0.25) is 9.59 Å². The van der Waals surface area contributed by atoms with Crippen LogP contribution in [-0.2, 0) is 24.3 Å². The molecule has 0 saturated carbocycles. The van der Waals surface area contributed by atoms with Gasteiger partial charge in [0.1, 0.15) is 10.6 Å². The molecule has 0 aromatic carbocycles. The average molecular weight is 373 g/mol. The molecule has 1 aliphatic rings. The van der Waals surface area contributed by atoms with E-state index in [0.29, 0.717) is 25.2 Å². The van der Waals surface area contributed by atoms with Crippen LogP contribution in [0.15, 0.2) is 9.42 Å². The van der Waals surface area contributed by atoms with Crippen molar-refractivity contribution >= 4 is 21.9 Å². The summed E-state index contributed by atoms with van der Waals surface area (Å²) in [4.78, 5) is 25.0. The molecule has 140 valence electrons. The fourth-order valence-corrected chi connectivity index (χ4v) is 4.59. The second-order valence-electron chi connectivity index (χ2n) is 5.87. The van der Waals surface area contributed by atoms with Crippen molar-refractivity contribution in [2.24, 2.45) is 0 Å². The summed E-state index contributed by atoms with van der Waals surface area (Å²) in [6.07, 6.45) is 0.600. The van der Waals surface area contributed by atoms with E-state index in [1.807, 2.05) is 0 Å². The normalized spacial score (nSPS) is 16.5. The molecule has 0 radical (unpaired) electrons. The molecule has 1 aromatic heterocycles. The third-order valence-corrected chi connectivity index (χ3v) is 6.29. The van der Waals surface area contributed by atoms with Crippen molar-refractivity contribution in [2.45, 2.75) is 38.0 Å². The lowest BCUT2D eigenvalue weighted by Gasteiger charge is -2.21. The topological polar surface area (TPSA) is 110 Å². The Bertz CT molecular complexity index is 723. The van der Waals surface area contributed by atoms with Crippen LogP contribution in [0.4, 0.5) is 0 Å². The lowest BCUT2D eigenvalue weighted by molar-refractivity contribution is -0.143. The van der Waals surface area contributed by atoms with Crippen LogP contribution in [0.1, 0.15) is 30.7 Å². The molecule has 1 amide bonds. The Morgan fingerprint density at radius 3 is 2.48 bits per heavy atom. The van der Waals surface area contributed by atoms with E-state index in [2.05, 4.69) is 9.89 Å². The molecule has 1 saturated heterocycles. The summed E-state index contributed by atoms with van der Waals surface area (Å²) in [5.41, 5.74) is 0.327. The van der Waals surface area contributed by atoms with Gasteiger partial charge in [-0.05, 0) is 20.3 Å². The van der Waals surface area contributed by atoms with E-state index in [1.54, 1.807) is 18.7 Å². The molecule has 10 heteroatoms. The van der Waals surface area contributed by atoms with Gasteiger partial charge in [0.15, 0.2) is 5.76 Å². The number of methoxy groups -OCH3 is 1. The van der Waals surface area contributed by atoms with Gasteiger partial charge >= 0.3 is 5.97 Å². The van der Waals surface area contributed by atoms with Crippen LogP contribution in [0.5, 0.6) is 0 Å². The Morgan fingerprint density at radius 2 is 1.88 bits per heavy atom. The third kappa shape index (κ3) is 4.37. The number of amides is 1. The van der Waals surface area contributed by atoms with Gasteiger partial charge in [0.2, 0.25) is 15.9 Å². The van der Waals surface area contributed by atoms with Crippen LogP contribution >= 0.6 is 0 Å². The number of aromatic nitrogens is 1. The lowest BCUT2D eigenvalue weighted by Crippen LogP contribution is -2.37. The van der Waals surface area contributed by atoms with Gasteiger partial charge in [0, 0.05) is 32.6 Å². The van der Waals surface area contributed by atoms with Gasteiger partial charge in [-0.1, -0.05) is 5.16 Å². The molecule has 25 heavy (non-hydrogen) atoms. The Kier molecular flexibility index (Phi) is 6.17. The van der Waals surface area contributed by atoms with Gasteiger partial charge in [-0.2, -0.15) is 4.31 Å². The van der Waals surface area contributed by atoms with Crippen LogP contribution < -0.4 is 0 Å². The van der Waals surface area contributed by atoms with E-state index in [-0.39, 0.29) is 42.5 Å². The monoisotopic (exact) mass is 373 g/mol. The maximum Gasteiger partial charge on any atom is 0.306 e. The predicted molar refractivity (Wildman–Crippen MR) is 87.2 cm³/mol. The van der Waals surface area contributed by atoms with Gasteiger partial charge in [0.05, 0.1) is 13.5 Å². The van der Waals surface area contributed by atoms with Crippen molar-refractivity contribution in [1.29, 1.82) is 0 Å². The number of hydrogen-bond acceptors (Lipinski definition) is 7. The first kappa shape index (κ1) is 19.4. The highest BCUT2D eigenvalue weighted by Crippen LogP contribution is 2.24. The number of ether oxygens (including phenoxy) is 1. The van der Waals surface area contributed by atoms with Crippen LogP contribution in [0.2, 0.25) is 0 Å². The molecule has 0 bridgehead atoms. The summed E-state index contributed by atoms with van der Waals surface area (Å²) in [6.45, 7) is 4.39. The second kappa shape index (κ2) is 7.96. The van der Waals surface area contributed by atoms with Crippen LogP contribution in [0, 0.1) is 13.8 Å². The van der Waals surface area contributed by atoms with Crippen LogP contribution in [0.25, 0.3) is 0 Å². The molecule has 0 N–H and O–H groups in total. The summed E-state index contributed by atoms with van der Waals surface area (Å²) in [5, 5.41) is 3.70. The molecule has 0 aliphatic carbocycles. The van der Waals surface area contributed by atoms with E-state index >= 15 is 0 Å². The van der Waals surface area contributed by atoms with Crippen molar-refractivity contribution < 1.29 is 27.3 Å². The van der Waals surface area contributed by atoms with Crippen molar-refractivity contribution in [2.75, 3.05) is 33.3 Å². The summed E-state index contributed by atoms with van der Waals surface area (Å²) in [5.74, 6) is -0.361. The maximum atomic E-state index is 12.8. The Morgan fingerprint density at radius 1 is 1.16 bits per heavy atom.